The summed E-state index contributed by atoms with van der Waals surface area (Å²) in [5.41, 5.74) is 6.72. The Balaban J connectivity index is 2.29. The van der Waals surface area contributed by atoms with Gasteiger partial charge in [-0.3, -0.25) is 4.90 Å². The Bertz CT molecular complexity index is 466. The van der Waals surface area contributed by atoms with Gasteiger partial charge in [0.05, 0.1) is 6.04 Å². The summed E-state index contributed by atoms with van der Waals surface area (Å²) in [7, 11) is 0. The first kappa shape index (κ1) is 11.6. The van der Waals surface area contributed by atoms with Gasteiger partial charge in [0.1, 0.15) is 0 Å². The Morgan fingerprint density at radius 1 is 1.29 bits per heavy atom. The van der Waals surface area contributed by atoms with Gasteiger partial charge in [0.2, 0.25) is 5.89 Å². The van der Waals surface area contributed by atoms with Crippen molar-refractivity contribution in [3.8, 4) is 0 Å². The first-order valence-electron chi connectivity index (χ1n) is 5.64. The van der Waals surface area contributed by atoms with E-state index in [-0.39, 0.29) is 6.04 Å². The number of anilines is 2. The van der Waals surface area contributed by atoms with Gasteiger partial charge < -0.3 is 10.2 Å². The maximum absolute atomic E-state index is 5.69. The highest BCUT2D eigenvalue weighted by molar-refractivity contribution is 5.55. The molecule has 2 rings (SSSR count). The molecule has 0 bridgehead atoms. The van der Waals surface area contributed by atoms with E-state index in [9.17, 15) is 0 Å². The summed E-state index contributed by atoms with van der Waals surface area (Å²) in [6.07, 6.45) is 0. The summed E-state index contributed by atoms with van der Waals surface area (Å²) in [4.78, 5) is 1.94. The fraction of sp³-hybridized carbons (Fsp3) is 0.333. The number of nitrogens with two attached hydrogens (primary N) is 1. The fourth-order valence-electron chi connectivity index (χ4n) is 1.56. The lowest BCUT2D eigenvalue weighted by Gasteiger charge is -2.17. The van der Waals surface area contributed by atoms with Crippen molar-refractivity contribution >= 4 is 11.7 Å². The number of rotatable bonds is 4. The van der Waals surface area contributed by atoms with Crippen LogP contribution >= 0.6 is 0 Å². The highest BCUT2D eigenvalue weighted by atomic mass is 16.4. The van der Waals surface area contributed by atoms with Crippen LogP contribution in [0.4, 0.5) is 11.7 Å². The monoisotopic (exact) mass is 232 g/mol. The van der Waals surface area contributed by atoms with Crippen LogP contribution in [0.5, 0.6) is 0 Å². The molecule has 0 amide bonds. The molecule has 0 fully saturated rings. The largest absolute Gasteiger partial charge is 0.406 e. The van der Waals surface area contributed by atoms with Crippen LogP contribution in [0.1, 0.15) is 25.8 Å². The molecule has 1 heterocycles. The van der Waals surface area contributed by atoms with Crippen LogP contribution in [0.3, 0.4) is 0 Å². The zero-order valence-corrected chi connectivity index (χ0v) is 10.00. The van der Waals surface area contributed by atoms with E-state index in [0.29, 0.717) is 11.9 Å². The number of hydrogen-bond donors (Lipinski definition) is 1. The van der Waals surface area contributed by atoms with Crippen LogP contribution < -0.4 is 10.6 Å². The quantitative estimate of drug-likeness (QED) is 0.875. The van der Waals surface area contributed by atoms with Crippen molar-refractivity contribution in [2.45, 2.75) is 19.9 Å². The molecule has 0 saturated carbocycles. The Kier molecular flexibility index (Phi) is 3.39. The fourth-order valence-corrected chi connectivity index (χ4v) is 1.56. The summed E-state index contributed by atoms with van der Waals surface area (Å²) in [6.45, 7) is 4.60. The summed E-state index contributed by atoms with van der Waals surface area (Å²) in [6, 6.07) is 10.1. The smallest absolute Gasteiger partial charge is 0.322 e. The second-order valence-corrected chi connectivity index (χ2v) is 3.79. The minimum atomic E-state index is -0.245. The average Bonchev–Trinajstić information content (AvgIpc) is 2.81. The lowest BCUT2D eigenvalue weighted by Crippen LogP contribution is -2.16. The third kappa shape index (κ3) is 2.45. The maximum atomic E-state index is 5.69. The van der Waals surface area contributed by atoms with Gasteiger partial charge in [0, 0.05) is 12.2 Å². The van der Waals surface area contributed by atoms with Gasteiger partial charge in [-0.15, -0.1) is 5.10 Å². The Morgan fingerprint density at radius 2 is 2.00 bits per heavy atom. The molecular weight excluding hydrogens is 216 g/mol. The molecule has 5 nitrogen and oxygen atoms in total. The van der Waals surface area contributed by atoms with E-state index < -0.39 is 0 Å². The van der Waals surface area contributed by atoms with Crippen LogP contribution in [-0.2, 0) is 0 Å². The van der Waals surface area contributed by atoms with Crippen LogP contribution in [0.2, 0.25) is 0 Å². The van der Waals surface area contributed by atoms with Gasteiger partial charge >= 0.3 is 6.01 Å². The van der Waals surface area contributed by atoms with Gasteiger partial charge in [0.25, 0.3) is 0 Å². The number of para-hydroxylation sites is 1. The molecule has 1 aromatic carbocycles. The normalized spacial score (nSPS) is 12.4. The van der Waals surface area contributed by atoms with E-state index in [1.54, 1.807) is 0 Å². The molecule has 17 heavy (non-hydrogen) atoms. The summed E-state index contributed by atoms with van der Waals surface area (Å²) in [5, 5.41) is 7.94. The van der Waals surface area contributed by atoms with E-state index in [0.717, 1.165) is 12.2 Å². The molecule has 5 heteroatoms. The summed E-state index contributed by atoms with van der Waals surface area (Å²) >= 11 is 0. The molecule has 0 aliphatic rings. The summed E-state index contributed by atoms with van der Waals surface area (Å²) < 4.78 is 5.53. The SMILES string of the molecule is CCN(c1ccccc1)c1nnc(C(C)N)o1. The second kappa shape index (κ2) is 4.97. The van der Waals surface area contributed by atoms with Crippen LogP contribution in [0.15, 0.2) is 34.7 Å². The maximum Gasteiger partial charge on any atom is 0.322 e. The molecular formula is C12H16N4O. The van der Waals surface area contributed by atoms with E-state index in [1.807, 2.05) is 49.1 Å². The van der Waals surface area contributed by atoms with E-state index in [4.69, 9.17) is 10.2 Å². The molecule has 0 aliphatic heterocycles. The van der Waals surface area contributed by atoms with Crippen molar-refractivity contribution in [3.05, 3.63) is 36.2 Å². The van der Waals surface area contributed by atoms with E-state index in [2.05, 4.69) is 10.2 Å². The van der Waals surface area contributed by atoms with Crippen LogP contribution in [0, 0.1) is 0 Å². The predicted octanol–water partition coefficient (Wildman–Crippen LogP) is 2.25. The highest BCUT2D eigenvalue weighted by Crippen LogP contribution is 2.24. The van der Waals surface area contributed by atoms with Gasteiger partial charge in [-0.2, -0.15) is 0 Å². The Morgan fingerprint density at radius 3 is 2.53 bits per heavy atom. The van der Waals surface area contributed by atoms with Crippen molar-refractivity contribution in [3.63, 3.8) is 0 Å². The lowest BCUT2D eigenvalue weighted by molar-refractivity contribution is 0.465. The highest BCUT2D eigenvalue weighted by Gasteiger charge is 2.16. The average molecular weight is 232 g/mol. The molecule has 1 aromatic heterocycles. The molecule has 0 aliphatic carbocycles. The first-order valence-corrected chi connectivity index (χ1v) is 5.64. The molecule has 0 spiro atoms. The second-order valence-electron chi connectivity index (χ2n) is 3.79. The van der Waals surface area contributed by atoms with Gasteiger partial charge in [0.15, 0.2) is 0 Å². The van der Waals surface area contributed by atoms with Crippen molar-refractivity contribution in [1.29, 1.82) is 0 Å². The topological polar surface area (TPSA) is 68.2 Å². The standard InChI is InChI=1S/C12H16N4O/c1-3-16(10-7-5-4-6-8-10)12-15-14-11(17-12)9(2)13/h4-9H,3,13H2,1-2H3. The van der Waals surface area contributed by atoms with Gasteiger partial charge in [-0.1, -0.05) is 23.3 Å². The van der Waals surface area contributed by atoms with Crippen molar-refractivity contribution in [1.82, 2.24) is 10.2 Å². The molecule has 1 atom stereocenters. The van der Waals surface area contributed by atoms with E-state index in [1.165, 1.54) is 0 Å². The molecule has 90 valence electrons. The molecule has 1 unspecified atom stereocenters. The van der Waals surface area contributed by atoms with Crippen molar-refractivity contribution in [2.24, 2.45) is 5.73 Å². The number of benzene rings is 1. The van der Waals surface area contributed by atoms with Crippen molar-refractivity contribution < 1.29 is 4.42 Å². The predicted molar refractivity (Wildman–Crippen MR) is 66.0 cm³/mol. The molecule has 2 N–H and O–H groups in total. The van der Waals surface area contributed by atoms with Crippen LogP contribution in [-0.4, -0.2) is 16.7 Å². The van der Waals surface area contributed by atoms with Gasteiger partial charge in [-0.05, 0) is 26.0 Å². The van der Waals surface area contributed by atoms with Gasteiger partial charge in [-0.25, -0.2) is 0 Å². The van der Waals surface area contributed by atoms with E-state index >= 15 is 0 Å². The number of aromatic nitrogens is 2. The number of hydrogen-bond acceptors (Lipinski definition) is 5. The summed E-state index contributed by atoms with van der Waals surface area (Å²) in [5.74, 6) is 0.453. The minimum Gasteiger partial charge on any atom is -0.406 e. The lowest BCUT2D eigenvalue weighted by atomic mass is 10.3. The van der Waals surface area contributed by atoms with Crippen LogP contribution in [0.25, 0.3) is 0 Å². The minimum absolute atomic E-state index is 0.245. The number of nitrogens with zero attached hydrogens (tertiary/aromatic N) is 3. The molecule has 2 aromatic rings. The van der Waals surface area contributed by atoms with Crippen molar-refractivity contribution in [2.75, 3.05) is 11.4 Å². The zero-order chi connectivity index (χ0) is 12.3. The molecule has 0 saturated heterocycles. The third-order valence-electron chi connectivity index (χ3n) is 2.43. The third-order valence-corrected chi connectivity index (χ3v) is 2.43. The first-order chi connectivity index (χ1) is 8.22. The Labute approximate surface area is 100 Å². The Hall–Kier alpha value is -1.88. The molecule has 0 radical (unpaired) electrons. The zero-order valence-electron chi connectivity index (χ0n) is 10.00.